The third kappa shape index (κ3) is 4.88. The zero-order valence-electron chi connectivity index (χ0n) is 12.8. The molecule has 0 aliphatic carbocycles. The number of rotatable bonds is 5. The summed E-state index contributed by atoms with van der Waals surface area (Å²) < 4.78 is 1.04. The summed E-state index contributed by atoms with van der Waals surface area (Å²) in [7, 11) is 0. The van der Waals surface area contributed by atoms with Crippen molar-refractivity contribution >= 4 is 51.7 Å². The van der Waals surface area contributed by atoms with Gasteiger partial charge >= 0.3 is 0 Å². The maximum atomic E-state index is 12.4. The van der Waals surface area contributed by atoms with Gasteiger partial charge in [-0.15, -0.1) is 0 Å². The number of hydrogen-bond acceptors (Lipinski definition) is 2. The molecule has 2 rings (SSSR count). The van der Waals surface area contributed by atoms with Crippen LogP contribution in [0.4, 0.5) is 0 Å². The minimum atomic E-state index is 0.177. The van der Waals surface area contributed by atoms with Gasteiger partial charge in [0.15, 0.2) is 0 Å². The Kier molecular flexibility index (Phi) is 6.80. The molecule has 1 aliphatic heterocycles. The van der Waals surface area contributed by atoms with Gasteiger partial charge in [0, 0.05) is 41.9 Å². The summed E-state index contributed by atoms with van der Waals surface area (Å²) in [6.07, 6.45) is 2.91. The molecule has 1 saturated heterocycles. The Bertz CT molecular complexity index is 625. The Labute approximate surface area is 161 Å². The molecule has 124 valence electrons. The van der Waals surface area contributed by atoms with E-state index in [0.717, 1.165) is 41.0 Å². The standard InChI is InChI=1S/C17H19Cl2IN2O/c1-3-12(2)21-6-8-22(9-7-21)17(23)5-4-13-10-14(18)15(19)11-16(13)20/h3,10-11H,1-2,4-9H2. The lowest BCUT2D eigenvalue weighted by Crippen LogP contribution is -2.47. The largest absolute Gasteiger partial charge is 0.368 e. The van der Waals surface area contributed by atoms with Gasteiger partial charge in [-0.05, 0) is 52.8 Å². The zero-order chi connectivity index (χ0) is 17.0. The van der Waals surface area contributed by atoms with Crippen LogP contribution in [0, 0.1) is 3.57 Å². The molecule has 0 spiro atoms. The van der Waals surface area contributed by atoms with E-state index in [0.29, 0.717) is 22.9 Å². The molecule has 0 aromatic heterocycles. The van der Waals surface area contributed by atoms with Gasteiger partial charge in [0.1, 0.15) is 0 Å². The van der Waals surface area contributed by atoms with Crippen molar-refractivity contribution in [1.29, 1.82) is 0 Å². The van der Waals surface area contributed by atoms with E-state index in [1.54, 1.807) is 6.08 Å². The van der Waals surface area contributed by atoms with Gasteiger partial charge < -0.3 is 9.80 Å². The van der Waals surface area contributed by atoms with Gasteiger partial charge in [0.25, 0.3) is 0 Å². The number of hydrogen-bond donors (Lipinski definition) is 0. The van der Waals surface area contributed by atoms with Crippen molar-refractivity contribution in [1.82, 2.24) is 9.80 Å². The van der Waals surface area contributed by atoms with Crippen molar-refractivity contribution in [2.75, 3.05) is 26.2 Å². The second kappa shape index (κ2) is 8.40. The number of allylic oxidation sites excluding steroid dienone is 1. The Morgan fingerprint density at radius 2 is 1.74 bits per heavy atom. The molecule has 0 atom stereocenters. The minimum absolute atomic E-state index is 0.177. The average molecular weight is 465 g/mol. The van der Waals surface area contributed by atoms with Crippen LogP contribution in [0.1, 0.15) is 12.0 Å². The number of carbonyl (C=O) groups excluding carboxylic acids is 1. The lowest BCUT2D eigenvalue weighted by molar-refractivity contribution is -0.132. The minimum Gasteiger partial charge on any atom is -0.368 e. The fourth-order valence-corrected chi connectivity index (χ4v) is 3.80. The van der Waals surface area contributed by atoms with Crippen LogP contribution < -0.4 is 0 Å². The summed E-state index contributed by atoms with van der Waals surface area (Å²) in [5, 5.41) is 1.08. The maximum absolute atomic E-state index is 12.4. The summed E-state index contributed by atoms with van der Waals surface area (Å²) in [6.45, 7) is 10.7. The van der Waals surface area contributed by atoms with Crippen LogP contribution >= 0.6 is 45.8 Å². The van der Waals surface area contributed by atoms with Crippen molar-refractivity contribution in [2.24, 2.45) is 0 Å². The van der Waals surface area contributed by atoms with Crippen molar-refractivity contribution in [3.8, 4) is 0 Å². The van der Waals surface area contributed by atoms with E-state index in [4.69, 9.17) is 23.2 Å². The van der Waals surface area contributed by atoms with Crippen LogP contribution in [0.3, 0.4) is 0 Å². The van der Waals surface area contributed by atoms with Crippen LogP contribution in [0.15, 0.2) is 37.1 Å². The third-order valence-electron chi connectivity index (χ3n) is 3.97. The van der Waals surface area contributed by atoms with E-state index in [2.05, 4.69) is 40.6 Å². The molecule has 1 aromatic rings. The van der Waals surface area contributed by atoms with E-state index < -0.39 is 0 Å². The first-order valence-corrected chi connectivity index (χ1v) is 9.23. The molecule has 1 aliphatic rings. The van der Waals surface area contributed by atoms with Gasteiger partial charge in [-0.1, -0.05) is 36.4 Å². The van der Waals surface area contributed by atoms with Gasteiger partial charge in [-0.2, -0.15) is 0 Å². The van der Waals surface area contributed by atoms with Crippen LogP contribution in [-0.4, -0.2) is 41.9 Å². The van der Waals surface area contributed by atoms with Gasteiger partial charge in [0.05, 0.1) is 10.0 Å². The van der Waals surface area contributed by atoms with Crippen molar-refractivity contribution in [3.05, 3.63) is 56.2 Å². The monoisotopic (exact) mass is 464 g/mol. The van der Waals surface area contributed by atoms with E-state index in [1.165, 1.54) is 0 Å². The highest BCUT2D eigenvalue weighted by atomic mass is 127. The van der Waals surface area contributed by atoms with Crippen LogP contribution in [-0.2, 0) is 11.2 Å². The predicted molar refractivity (Wildman–Crippen MR) is 105 cm³/mol. The SMILES string of the molecule is C=CC(=C)N1CCN(C(=O)CCc2cc(Cl)c(Cl)cc2I)CC1. The van der Waals surface area contributed by atoms with Crippen molar-refractivity contribution < 1.29 is 4.79 Å². The highest BCUT2D eigenvalue weighted by Gasteiger charge is 2.21. The van der Waals surface area contributed by atoms with Gasteiger partial charge in [-0.25, -0.2) is 0 Å². The van der Waals surface area contributed by atoms with E-state index in [1.807, 2.05) is 17.0 Å². The molecule has 0 unspecified atom stereocenters. The first-order chi connectivity index (χ1) is 10.9. The highest BCUT2D eigenvalue weighted by Crippen LogP contribution is 2.27. The smallest absolute Gasteiger partial charge is 0.223 e. The number of aryl methyl sites for hydroxylation is 1. The first kappa shape index (κ1) is 18.6. The second-order valence-corrected chi connectivity index (χ2v) is 7.40. The maximum Gasteiger partial charge on any atom is 0.223 e. The zero-order valence-corrected chi connectivity index (χ0v) is 16.5. The Morgan fingerprint density at radius 3 is 2.35 bits per heavy atom. The Hall–Kier alpha value is -0.720. The Morgan fingerprint density at radius 1 is 1.17 bits per heavy atom. The second-order valence-electron chi connectivity index (χ2n) is 5.42. The van der Waals surface area contributed by atoms with Gasteiger partial charge in [0.2, 0.25) is 5.91 Å². The lowest BCUT2D eigenvalue weighted by Gasteiger charge is -2.36. The van der Waals surface area contributed by atoms with Crippen LogP contribution in [0.2, 0.25) is 10.0 Å². The van der Waals surface area contributed by atoms with Crippen LogP contribution in [0.25, 0.3) is 0 Å². The number of halogens is 3. The third-order valence-corrected chi connectivity index (χ3v) is 5.70. The van der Waals surface area contributed by atoms with Crippen molar-refractivity contribution in [3.63, 3.8) is 0 Å². The Balaban J connectivity index is 1.88. The fourth-order valence-electron chi connectivity index (χ4n) is 2.53. The van der Waals surface area contributed by atoms with Gasteiger partial charge in [-0.3, -0.25) is 4.79 Å². The molecule has 0 bridgehead atoms. The summed E-state index contributed by atoms with van der Waals surface area (Å²) in [4.78, 5) is 16.4. The summed E-state index contributed by atoms with van der Waals surface area (Å²) >= 11 is 14.3. The number of benzene rings is 1. The normalized spacial score (nSPS) is 14.7. The highest BCUT2D eigenvalue weighted by molar-refractivity contribution is 14.1. The molecule has 0 saturated carbocycles. The molecule has 1 aromatic carbocycles. The van der Waals surface area contributed by atoms with Crippen molar-refractivity contribution in [2.45, 2.75) is 12.8 Å². The molecule has 6 heteroatoms. The number of amides is 1. The number of nitrogens with zero attached hydrogens (tertiary/aromatic N) is 2. The summed E-state index contributed by atoms with van der Waals surface area (Å²) in [5.74, 6) is 0.177. The van der Waals surface area contributed by atoms with E-state index in [9.17, 15) is 4.79 Å². The lowest BCUT2D eigenvalue weighted by atomic mass is 10.1. The molecule has 23 heavy (non-hydrogen) atoms. The first-order valence-electron chi connectivity index (χ1n) is 7.40. The molecule has 1 heterocycles. The molecule has 0 N–H and O–H groups in total. The molecule has 1 amide bonds. The molecule has 3 nitrogen and oxygen atoms in total. The predicted octanol–water partition coefficient (Wildman–Crippen LogP) is 4.37. The quantitative estimate of drug-likeness (QED) is 0.367. The topological polar surface area (TPSA) is 23.6 Å². The fraction of sp³-hybridized carbons (Fsp3) is 0.353. The molecular weight excluding hydrogens is 446 g/mol. The molecule has 1 fully saturated rings. The van der Waals surface area contributed by atoms with E-state index in [-0.39, 0.29) is 5.91 Å². The summed E-state index contributed by atoms with van der Waals surface area (Å²) in [6, 6.07) is 3.69. The van der Waals surface area contributed by atoms with E-state index >= 15 is 0 Å². The summed E-state index contributed by atoms with van der Waals surface area (Å²) in [5.41, 5.74) is 1.98. The molecule has 0 radical (unpaired) electrons. The number of carbonyl (C=O) groups is 1. The van der Waals surface area contributed by atoms with Crippen LogP contribution in [0.5, 0.6) is 0 Å². The molecular formula is C17H19Cl2IN2O. The number of piperazine rings is 1. The average Bonchev–Trinajstić information content (AvgIpc) is 2.56.